The summed E-state index contributed by atoms with van der Waals surface area (Å²) in [5, 5.41) is 0. The number of ether oxygens (including phenoxy) is 1. The highest BCUT2D eigenvalue weighted by atomic mass is 16.5. The molecule has 0 saturated carbocycles. The van der Waals surface area contributed by atoms with Gasteiger partial charge in [0.1, 0.15) is 0 Å². The molecule has 2 heterocycles. The molecule has 0 aromatic carbocycles. The Kier molecular flexibility index (Phi) is 13.0. The molecule has 0 radical (unpaired) electrons. The average molecular weight is 324 g/mol. The summed E-state index contributed by atoms with van der Waals surface area (Å²) in [7, 11) is 0. The zero-order valence-corrected chi connectivity index (χ0v) is 14.8. The highest BCUT2D eigenvalue weighted by Crippen LogP contribution is 2.08. The lowest BCUT2D eigenvalue weighted by atomic mass is 10.4. The highest BCUT2D eigenvalue weighted by molar-refractivity contribution is 5.78. The maximum Gasteiger partial charge on any atom is 0.222 e. The van der Waals surface area contributed by atoms with Crippen molar-refractivity contribution in [1.82, 2.24) is 9.80 Å². The highest BCUT2D eigenvalue weighted by Gasteiger charge is 2.18. The summed E-state index contributed by atoms with van der Waals surface area (Å²) in [4.78, 5) is 25.3. The van der Waals surface area contributed by atoms with Gasteiger partial charge in [0.2, 0.25) is 11.8 Å². The Morgan fingerprint density at radius 1 is 0.913 bits per heavy atom. The van der Waals surface area contributed by atoms with Crippen molar-refractivity contribution >= 4 is 11.8 Å². The summed E-state index contributed by atoms with van der Waals surface area (Å²) < 4.78 is 4.83. The molecule has 2 amide bonds. The number of carbonyl (C=O) groups is 2. The molecule has 2 rings (SSSR count). The molecule has 0 aliphatic carbocycles. The Bertz CT molecular complexity index is 335. The average Bonchev–Trinajstić information content (AvgIpc) is 3.12. The van der Waals surface area contributed by atoms with E-state index in [0.29, 0.717) is 0 Å². The second kappa shape index (κ2) is 14.0. The molecule has 2 fully saturated rings. The van der Waals surface area contributed by atoms with Gasteiger partial charge in [0.05, 0.1) is 0 Å². The molecular formula is C18H32N2O3. The normalized spacial score (nSPS) is 16.4. The van der Waals surface area contributed by atoms with Crippen LogP contribution in [0.3, 0.4) is 0 Å². The van der Waals surface area contributed by atoms with Crippen molar-refractivity contribution in [2.45, 2.75) is 39.5 Å². The minimum atomic E-state index is 0.273. The molecule has 2 saturated heterocycles. The number of carbonyl (C=O) groups excluding carboxylic acids is 2. The van der Waals surface area contributed by atoms with E-state index in [1.165, 1.54) is 0 Å². The molecule has 2 aliphatic rings. The van der Waals surface area contributed by atoms with Crippen LogP contribution in [0, 0.1) is 0 Å². The van der Waals surface area contributed by atoms with Gasteiger partial charge in [0.15, 0.2) is 0 Å². The summed E-state index contributed by atoms with van der Waals surface area (Å²) in [5.41, 5.74) is 0. The van der Waals surface area contributed by atoms with Crippen molar-refractivity contribution in [3.05, 3.63) is 25.3 Å². The van der Waals surface area contributed by atoms with E-state index in [9.17, 15) is 9.59 Å². The first-order valence-electron chi connectivity index (χ1n) is 8.45. The molecule has 0 atom stereocenters. The van der Waals surface area contributed by atoms with Gasteiger partial charge in [-0.25, -0.2) is 0 Å². The summed E-state index contributed by atoms with van der Waals surface area (Å²) in [6.45, 7) is 16.1. The maximum atomic E-state index is 10.8. The first-order valence-corrected chi connectivity index (χ1v) is 8.45. The lowest BCUT2D eigenvalue weighted by Gasteiger charge is -2.10. The molecule has 2 aliphatic heterocycles. The van der Waals surface area contributed by atoms with E-state index in [1.807, 2.05) is 23.6 Å². The summed E-state index contributed by atoms with van der Waals surface area (Å²) in [6.07, 6.45) is 7.04. The fourth-order valence-electron chi connectivity index (χ4n) is 2.31. The van der Waals surface area contributed by atoms with E-state index in [0.717, 1.165) is 65.1 Å². The van der Waals surface area contributed by atoms with Gasteiger partial charge in [-0.3, -0.25) is 9.59 Å². The zero-order chi connectivity index (χ0) is 17.5. The smallest absolute Gasteiger partial charge is 0.222 e. The van der Waals surface area contributed by atoms with Gasteiger partial charge in [-0.2, -0.15) is 0 Å². The molecule has 0 aromatic rings. The second-order valence-corrected chi connectivity index (χ2v) is 5.25. The third-order valence-electron chi connectivity index (χ3n) is 3.45. The molecule has 23 heavy (non-hydrogen) atoms. The van der Waals surface area contributed by atoms with Crippen molar-refractivity contribution in [3.63, 3.8) is 0 Å². The van der Waals surface area contributed by atoms with E-state index in [4.69, 9.17) is 4.74 Å². The van der Waals surface area contributed by atoms with Crippen molar-refractivity contribution in [2.24, 2.45) is 0 Å². The fourth-order valence-corrected chi connectivity index (χ4v) is 2.31. The topological polar surface area (TPSA) is 49.9 Å². The van der Waals surface area contributed by atoms with E-state index < -0.39 is 0 Å². The molecule has 0 bridgehead atoms. The van der Waals surface area contributed by atoms with Crippen LogP contribution in [0.2, 0.25) is 0 Å². The lowest BCUT2D eigenvalue weighted by molar-refractivity contribution is -0.128. The fraction of sp³-hybridized carbons (Fsp3) is 0.667. The predicted octanol–water partition coefficient (Wildman–Crippen LogP) is 2.63. The van der Waals surface area contributed by atoms with Crippen molar-refractivity contribution < 1.29 is 14.3 Å². The second-order valence-electron chi connectivity index (χ2n) is 5.25. The van der Waals surface area contributed by atoms with Gasteiger partial charge >= 0.3 is 0 Å². The van der Waals surface area contributed by atoms with Gasteiger partial charge in [-0.1, -0.05) is 12.2 Å². The molecule has 0 N–H and O–H groups in total. The van der Waals surface area contributed by atoms with Crippen LogP contribution in [0.25, 0.3) is 0 Å². The van der Waals surface area contributed by atoms with Crippen LogP contribution in [0.4, 0.5) is 0 Å². The lowest BCUT2D eigenvalue weighted by Crippen LogP contribution is -2.24. The molecule has 5 heteroatoms. The first-order chi connectivity index (χ1) is 11.1. The number of hydrogen-bond donors (Lipinski definition) is 0. The van der Waals surface area contributed by atoms with Gasteiger partial charge in [0.25, 0.3) is 0 Å². The van der Waals surface area contributed by atoms with E-state index >= 15 is 0 Å². The standard InChI is InChI=1S/2C7H11NO.C4H10O/c2*1-2-5-8-6-3-4-7(8)9;1-3-5-4-2/h2*2H,1,3-6H2;3-4H2,1-2H3. The van der Waals surface area contributed by atoms with E-state index in [-0.39, 0.29) is 11.8 Å². The maximum absolute atomic E-state index is 10.8. The van der Waals surface area contributed by atoms with Gasteiger partial charge < -0.3 is 14.5 Å². The van der Waals surface area contributed by atoms with E-state index in [1.54, 1.807) is 12.2 Å². The van der Waals surface area contributed by atoms with Crippen molar-refractivity contribution in [1.29, 1.82) is 0 Å². The van der Waals surface area contributed by atoms with Crippen LogP contribution >= 0.6 is 0 Å². The Labute approximate surface area is 141 Å². The largest absolute Gasteiger partial charge is 0.382 e. The van der Waals surface area contributed by atoms with Crippen LogP contribution in [0.1, 0.15) is 39.5 Å². The van der Waals surface area contributed by atoms with Crippen LogP contribution in [-0.2, 0) is 14.3 Å². The van der Waals surface area contributed by atoms with Gasteiger partial charge in [-0.05, 0) is 26.7 Å². The molecule has 132 valence electrons. The molecule has 5 nitrogen and oxygen atoms in total. The van der Waals surface area contributed by atoms with Gasteiger partial charge in [-0.15, -0.1) is 13.2 Å². The quantitative estimate of drug-likeness (QED) is 0.706. The number of likely N-dealkylation sites (tertiary alicyclic amines) is 2. The van der Waals surface area contributed by atoms with Gasteiger partial charge in [0, 0.05) is 52.2 Å². The Balaban J connectivity index is 0.000000332. The minimum Gasteiger partial charge on any atom is -0.382 e. The molecule has 0 aromatic heterocycles. The molecular weight excluding hydrogens is 292 g/mol. The molecule has 0 spiro atoms. The number of hydrogen-bond acceptors (Lipinski definition) is 3. The third-order valence-corrected chi connectivity index (χ3v) is 3.45. The number of nitrogens with zero attached hydrogens (tertiary/aromatic N) is 2. The summed E-state index contributed by atoms with van der Waals surface area (Å²) in [5.74, 6) is 0.546. The zero-order valence-electron chi connectivity index (χ0n) is 14.8. The summed E-state index contributed by atoms with van der Waals surface area (Å²) in [6, 6.07) is 0. The predicted molar refractivity (Wildman–Crippen MR) is 94.2 cm³/mol. The van der Waals surface area contributed by atoms with Crippen LogP contribution < -0.4 is 0 Å². The Morgan fingerprint density at radius 3 is 1.48 bits per heavy atom. The monoisotopic (exact) mass is 324 g/mol. The molecule has 0 unspecified atom stereocenters. The first kappa shape index (κ1) is 21.4. The third kappa shape index (κ3) is 9.89. The van der Waals surface area contributed by atoms with Crippen molar-refractivity contribution in [3.8, 4) is 0 Å². The summed E-state index contributed by atoms with van der Waals surface area (Å²) >= 11 is 0. The Morgan fingerprint density at radius 2 is 1.30 bits per heavy atom. The Hall–Kier alpha value is -1.62. The van der Waals surface area contributed by atoms with Crippen LogP contribution in [-0.4, -0.2) is 61.0 Å². The van der Waals surface area contributed by atoms with Crippen molar-refractivity contribution in [2.75, 3.05) is 39.4 Å². The van der Waals surface area contributed by atoms with E-state index in [2.05, 4.69) is 13.2 Å². The van der Waals surface area contributed by atoms with Crippen LogP contribution in [0.15, 0.2) is 25.3 Å². The number of amides is 2. The minimum absolute atomic E-state index is 0.273. The SMILES string of the molecule is C=CCN1CCCC1=O.C=CCN1CCCC1=O.CCOCC. The van der Waals surface area contributed by atoms with Crippen LogP contribution in [0.5, 0.6) is 0 Å². The number of rotatable bonds is 6.